The summed E-state index contributed by atoms with van der Waals surface area (Å²) in [6, 6.07) is 6.34. The molecule has 13 heavy (non-hydrogen) atoms. The summed E-state index contributed by atoms with van der Waals surface area (Å²) < 4.78 is 32.5. The normalized spacial score (nSPS) is 10.5. The van der Waals surface area contributed by atoms with E-state index in [1.807, 2.05) is 0 Å². The predicted molar refractivity (Wildman–Crippen MR) is 43.8 cm³/mol. The third-order valence-corrected chi connectivity index (χ3v) is 1.46. The molecule has 72 valence electrons. The van der Waals surface area contributed by atoms with Crippen LogP contribution in [0.15, 0.2) is 24.3 Å². The third kappa shape index (κ3) is 3.38. The van der Waals surface area contributed by atoms with Crippen molar-refractivity contribution in [2.75, 3.05) is 7.11 Å². The van der Waals surface area contributed by atoms with E-state index in [9.17, 15) is 8.78 Å². The summed E-state index contributed by atoms with van der Waals surface area (Å²) in [6.07, 6.45) is 0. The van der Waals surface area contributed by atoms with Crippen molar-refractivity contribution in [1.29, 1.82) is 0 Å². The largest absolute Gasteiger partial charge is 0.435 e. The molecule has 0 saturated carbocycles. The van der Waals surface area contributed by atoms with Gasteiger partial charge in [-0.2, -0.15) is 8.78 Å². The van der Waals surface area contributed by atoms with E-state index in [1.165, 1.54) is 12.1 Å². The maximum Gasteiger partial charge on any atom is 0.387 e. The maximum absolute atomic E-state index is 11.7. The van der Waals surface area contributed by atoms with E-state index in [1.54, 1.807) is 19.2 Å². The molecule has 0 aromatic heterocycles. The number of ether oxygens (including phenoxy) is 2. The molecule has 1 aromatic carbocycles. The Morgan fingerprint density at radius 2 is 1.85 bits per heavy atom. The zero-order valence-corrected chi connectivity index (χ0v) is 7.17. The molecule has 0 atom stereocenters. The van der Waals surface area contributed by atoms with Crippen LogP contribution in [0.4, 0.5) is 8.78 Å². The Labute approximate surface area is 75.1 Å². The van der Waals surface area contributed by atoms with E-state index >= 15 is 0 Å². The van der Waals surface area contributed by atoms with Crippen molar-refractivity contribution >= 4 is 0 Å². The minimum Gasteiger partial charge on any atom is -0.435 e. The molecular weight excluding hydrogens is 178 g/mol. The average Bonchev–Trinajstić information content (AvgIpc) is 2.08. The Bertz CT molecular complexity index is 246. The van der Waals surface area contributed by atoms with Crippen LogP contribution in [0.2, 0.25) is 0 Å². The van der Waals surface area contributed by atoms with Gasteiger partial charge in [0.25, 0.3) is 0 Å². The SMILES string of the molecule is COCc1ccc(OC(F)F)cc1. The van der Waals surface area contributed by atoms with Crippen molar-refractivity contribution in [2.24, 2.45) is 0 Å². The highest BCUT2D eigenvalue weighted by atomic mass is 19.3. The zero-order valence-electron chi connectivity index (χ0n) is 7.17. The predicted octanol–water partition coefficient (Wildman–Crippen LogP) is 2.43. The fourth-order valence-corrected chi connectivity index (χ4v) is 0.934. The minimum absolute atomic E-state index is 0.162. The first-order valence-electron chi connectivity index (χ1n) is 3.75. The Balaban J connectivity index is 2.59. The molecule has 0 heterocycles. The lowest BCUT2D eigenvalue weighted by molar-refractivity contribution is -0.0498. The molecule has 4 heteroatoms. The molecule has 2 nitrogen and oxygen atoms in total. The van der Waals surface area contributed by atoms with Crippen LogP contribution in [0.3, 0.4) is 0 Å². The first-order chi connectivity index (χ1) is 6.22. The summed E-state index contributed by atoms with van der Waals surface area (Å²) in [5.41, 5.74) is 0.920. The second-order valence-electron chi connectivity index (χ2n) is 2.46. The van der Waals surface area contributed by atoms with Gasteiger partial charge in [-0.15, -0.1) is 0 Å². The topological polar surface area (TPSA) is 18.5 Å². The number of methoxy groups -OCH3 is 1. The fourth-order valence-electron chi connectivity index (χ4n) is 0.934. The molecule has 0 bridgehead atoms. The van der Waals surface area contributed by atoms with Gasteiger partial charge in [0.05, 0.1) is 6.61 Å². The molecular formula is C9H10F2O2. The summed E-state index contributed by atoms with van der Waals surface area (Å²) in [7, 11) is 1.57. The highest BCUT2D eigenvalue weighted by Crippen LogP contribution is 2.14. The minimum atomic E-state index is -2.77. The van der Waals surface area contributed by atoms with Gasteiger partial charge < -0.3 is 9.47 Å². The standard InChI is InChI=1S/C9H10F2O2/c1-12-6-7-2-4-8(5-3-7)13-9(10)11/h2-5,9H,6H2,1H3. The van der Waals surface area contributed by atoms with E-state index in [4.69, 9.17) is 4.74 Å². The van der Waals surface area contributed by atoms with Crippen molar-refractivity contribution in [3.63, 3.8) is 0 Å². The Hall–Kier alpha value is -1.16. The Morgan fingerprint density at radius 1 is 1.23 bits per heavy atom. The van der Waals surface area contributed by atoms with Crippen molar-refractivity contribution < 1.29 is 18.3 Å². The van der Waals surface area contributed by atoms with Gasteiger partial charge >= 0.3 is 6.61 Å². The quantitative estimate of drug-likeness (QED) is 0.722. The lowest BCUT2D eigenvalue weighted by Crippen LogP contribution is -2.01. The number of rotatable bonds is 4. The van der Waals surface area contributed by atoms with Gasteiger partial charge in [0, 0.05) is 7.11 Å². The van der Waals surface area contributed by atoms with Crippen LogP contribution in [0, 0.1) is 0 Å². The molecule has 0 N–H and O–H groups in total. The van der Waals surface area contributed by atoms with E-state index in [-0.39, 0.29) is 5.75 Å². The lowest BCUT2D eigenvalue weighted by atomic mass is 10.2. The van der Waals surface area contributed by atoms with Gasteiger partial charge in [-0.25, -0.2) is 0 Å². The van der Waals surface area contributed by atoms with Crippen molar-refractivity contribution in [2.45, 2.75) is 13.2 Å². The smallest absolute Gasteiger partial charge is 0.387 e. The monoisotopic (exact) mass is 188 g/mol. The summed E-state index contributed by atoms with van der Waals surface area (Å²) in [5, 5.41) is 0. The van der Waals surface area contributed by atoms with Crippen LogP contribution in [0.1, 0.15) is 5.56 Å². The molecule has 0 aliphatic rings. The van der Waals surface area contributed by atoms with Crippen LogP contribution in [0.25, 0.3) is 0 Å². The van der Waals surface area contributed by atoms with E-state index in [0.717, 1.165) is 5.56 Å². The Morgan fingerprint density at radius 3 is 2.31 bits per heavy atom. The first-order valence-corrected chi connectivity index (χ1v) is 3.75. The summed E-state index contributed by atoms with van der Waals surface area (Å²) in [5.74, 6) is 0.162. The Kier molecular flexibility index (Phi) is 3.64. The molecule has 0 amide bonds. The molecule has 0 unspecified atom stereocenters. The number of hydrogen-bond donors (Lipinski definition) is 0. The molecule has 0 fully saturated rings. The number of hydrogen-bond acceptors (Lipinski definition) is 2. The maximum atomic E-state index is 11.7. The van der Waals surface area contributed by atoms with Crippen LogP contribution in [-0.2, 0) is 11.3 Å². The highest BCUT2D eigenvalue weighted by molar-refractivity contribution is 5.26. The van der Waals surface area contributed by atoms with E-state index in [2.05, 4.69) is 4.74 Å². The van der Waals surface area contributed by atoms with Gasteiger partial charge in [-0.1, -0.05) is 12.1 Å². The number of alkyl halides is 2. The van der Waals surface area contributed by atoms with Gasteiger partial charge in [0.2, 0.25) is 0 Å². The lowest BCUT2D eigenvalue weighted by Gasteiger charge is -2.04. The molecule has 0 radical (unpaired) electrons. The molecule has 1 aromatic rings. The van der Waals surface area contributed by atoms with Gasteiger partial charge in [-0.05, 0) is 17.7 Å². The third-order valence-electron chi connectivity index (χ3n) is 1.46. The van der Waals surface area contributed by atoms with Gasteiger partial charge in [0.15, 0.2) is 0 Å². The van der Waals surface area contributed by atoms with Gasteiger partial charge in [-0.3, -0.25) is 0 Å². The van der Waals surface area contributed by atoms with E-state index in [0.29, 0.717) is 6.61 Å². The summed E-state index contributed by atoms with van der Waals surface area (Å²) in [4.78, 5) is 0. The molecule has 0 aliphatic carbocycles. The fraction of sp³-hybridized carbons (Fsp3) is 0.333. The first kappa shape index (κ1) is 9.92. The highest BCUT2D eigenvalue weighted by Gasteiger charge is 2.02. The van der Waals surface area contributed by atoms with Crippen molar-refractivity contribution in [1.82, 2.24) is 0 Å². The van der Waals surface area contributed by atoms with Gasteiger partial charge in [0.1, 0.15) is 5.75 Å². The van der Waals surface area contributed by atoms with Crippen LogP contribution in [-0.4, -0.2) is 13.7 Å². The molecule has 0 aliphatic heterocycles. The molecule has 1 rings (SSSR count). The van der Waals surface area contributed by atoms with E-state index < -0.39 is 6.61 Å². The zero-order chi connectivity index (χ0) is 9.68. The summed E-state index contributed by atoms with van der Waals surface area (Å²) in [6.45, 7) is -2.30. The molecule has 0 spiro atoms. The summed E-state index contributed by atoms with van der Waals surface area (Å²) >= 11 is 0. The second kappa shape index (κ2) is 4.77. The number of halogens is 2. The van der Waals surface area contributed by atoms with Crippen LogP contribution in [0.5, 0.6) is 5.75 Å². The van der Waals surface area contributed by atoms with Crippen LogP contribution >= 0.6 is 0 Å². The van der Waals surface area contributed by atoms with Crippen LogP contribution < -0.4 is 4.74 Å². The van der Waals surface area contributed by atoms with Crippen molar-refractivity contribution in [3.05, 3.63) is 29.8 Å². The second-order valence-corrected chi connectivity index (χ2v) is 2.46. The molecule has 0 saturated heterocycles. The average molecular weight is 188 g/mol. The van der Waals surface area contributed by atoms with Crippen molar-refractivity contribution in [3.8, 4) is 5.75 Å². The number of benzene rings is 1.